The Bertz CT molecular complexity index is 137. The smallest absolute Gasteiger partial charge is 0.220 e. The van der Waals surface area contributed by atoms with E-state index in [1.807, 2.05) is 0 Å². The van der Waals surface area contributed by atoms with Crippen molar-refractivity contribution in [3.8, 4) is 0 Å². The molecule has 0 spiro atoms. The van der Waals surface area contributed by atoms with Crippen molar-refractivity contribution in [1.82, 2.24) is 0 Å². The van der Waals surface area contributed by atoms with Gasteiger partial charge in [0.05, 0.1) is 0 Å². The highest BCUT2D eigenvalue weighted by atomic mass is 16.5. The first kappa shape index (κ1) is 12.4. The second-order valence-electron chi connectivity index (χ2n) is 3.38. The van der Waals surface area contributed by atoms with Gasteiger partial charge in [-0.25, -0.2) is 0 Å². The van der Waals surface area contributed by atoms with Gasteiger partial charge in [-0.15, -0.1) is 0 Å². The summed E-state index contributed by atoms with van der Waals surface area (Å²) in [6, 6.07) is 0. The third-order valence-corrected chi connectivity index (χ3v) is 2.23. The van der Waals surface area contributed by atoms with Crippen molar-refractivity contribution in [1.29, 1.82) is 0 Å². The van der Waals surface area contributed by atoms with Crippen LogP contribution in [0.4, 0.5) is 0 Å². The first-order valence-corrected chi connectivity index (χ1v) is 5.00. The molecule has 0 aromatic rings. The number of ether oxygens (including phenoxy) is 1. The first-order valence-electron chi connectivity index (χ1n) is 5.00. The zero-order chi connectivity index (χ0) is 10.1. The Morgan fingerprint density at radius 1 is 1.38 bits per heavy atom. The molecular formula is C10H21NO2. The van der Waals surface area contributed by atoms with Gasteiger partial charge in [-0.2, -0.15) is 0 Å². The highest BCUT2D eigenvalue weighted by Crippen LogP contribution is 2.13. The summed E-state index contributed by atoms with van der Waals surface area (Å²) in [6.07, 6.45) is 5.11. The molecule has 0 fully saturated rings. The normalized spacial score (nSPS) is 12.8. The number of unbranched alkanes of at least 4 members (excludes halogenated alkanes) is 2. The number of primary amides is 1. The molecule has 78 valence electrons. The van der Waals surface area contributed by atoms with Crippen LogP contribution in [0.15, 0.2) is 0 Å². The van der Waals surface area contributed by atoms with E-state index in [0.717, 1.165) is 19.3 Å². The molecule has 0 aliphatic heterocycles. The molecule has 0 radical (unpaired) electrons. The van der Waals surface area contributed by atoms with Crippen LogP contribution < -0.4 is 5.73 Å². The van der Waals surface area contributed by atoms with E-state index in [1.165, 1.54) is 12.8 Å². The van der Waals surface area contributed by atoms with E-state index in [4.69, 9.17) is 10.5 Å². The molecule has 0 saturated carbocycles. The molecule has 0 heterocycles. The van der Waals surface area contributed by atoms with Crippen molar-refractivity contribution in [2.45, 2.75) is 39.0 Å². The molecule has 0 aromatic carbocycles. The average molecular weight is 187 g/mol. The predicted molar refractivity (Wildman–Crippen MR) is 53.3 cm³/mol. The summed E-state index contributed by atoms with van der Waals surface area (Å²) in [6.45, 7) is 2.77. The number of methoxy groups -OCH3 is 1. The topological polar surface area (TPSA) is 52.3 Å². The molecule has 2 N–H and O–H groups in total. The molecule has 0 aliphatic rings. The van der Waals surface area contributed by atoms with Crippen LogP contribution in [0.25, 0.3) is 0 Å². The lowest BCUT2D eigenvalue weighted by Gasteiger charge is -2.11. The highest BCUT2D eigenvalue weighted by Gasteiger charge is 2.13. The second-order valence-corrected chi connectivity index (χ2v) is 3.38. The van der Waals surface area contributed by atoms with Gasteiger partial charge in [-0.05, 0) is 12.8 Å². The molecule has 1 unspecified atom stereocenters. The van der Waals surface area contributed by atoms with E-state index in [9.17, 15) is 4.79 Å². The van der Waals surface area contributed by atoms with Crippen molar-refractivity contribution in [3.05, 3.63) is 0 Å². The van der Waals surface area contributed by atoms with Crippen molar-refractivity contribution >= 4 is 5.91 Å². The van der Waals surface area contributed by atoms with Crippen molar-refractivity contribution in [3.63, 3.8) is 0 Å². The van der Waals surface area contributed by atoms with Gasteiger partial charge in [0.15, 0.2) is 0 Å². The van der Waals surface area contributed by atoms with Crippen LogP contribution in [0.2, 0.25) is 0 Å². The van der Waals surface area contributed by atoms with Crippen molar-refractivity contribution in [2.24, 2.45) is 11.7 Å². The lowest BCUT2D eigenvalue weighted by atomic mass is 9.98. The summed E-state index contributed by atoms with van der Waals surface area (Å²) in [5.41, 5.74) is 5.27. The van der Waals surface area contributed by atoms with Gasteiger partial charge in [-0.1, -0.05) is 26.2 Å². The third kappa shape index (κ3) is 6.58. The van der Waals surface area contributed by atoms with Crippen LogP contribution in [0.1, 0.15) is 39.0 Å². The van der Waals surface area contributed by atoms with Gasteiger partial charge in [0.1, 0.15) is 0 Å². The van der Waals surface area contributed by atoms with E-state index >= 15 is 0 Å². The van der Waals surface area contributed by atoms with Crippen LogP contribution in [0.3, 0.4) is 0 Å². The molecule has 13 heavy (non-hydrogen) atoms. The van der Waals surface area contributed by atoms with Crippen LogP contribution in [0.5, 0.6) is 0 Å². The summed E-state index contributed by atoms with van der Waals surface area (Å²) in [5, 5.41) is 0. The van der Waals surface area contributed by atoms with Gasteiger partial charge in [0.2, 0.25) is 5.91 Å². The minimum Gasteiger partial charge on any atom is -0.385 e. The zero-order valence-electron chi connectivity index (χ0n) is 8.71. The number of carbonyl (C=O) groups is 1. The number of carbonyl (C=O) groups excluding carboxylic acids is 1. The second kappa shape index (κ2) is 8.05. The Kier molecular flexibility index (Phi) is 7.69. The zero-order valence-corrected chi connectivity index (χ0v) is 8.71. The monoisotopic (exact) mass is 187 g/mol. The van der Waals surface area contributed by atoms with Gasteiger partial charge in [0, 0.05) is 19.6 Å². The maximum Gasteiger partial charge on any atom is 0.220 e. The molecule has 0 aliphatic carbocycles. The van der Waals surface area contributed by atoms with Gasteiger partial charge in [0.25, 0.3) is 0 Å². The highest BCUT2D eigenvalue weighted by molar-refractivity contribution is 5.76. The fourth-order valence-corrected chi connectivity index (χ4v) is 1.33. The number of hydrogen-bond donors (Lipinski definition) is 1. The fraction of sp³-hybridized carbons (Fsp3) is 0.900. The molecular weight excluding hydrogens is 166 g/mol. The lowest BCUT2D eigenvalue weighted by molar-refractivity contribution is -0.122. The van der Waals surface area contributed by atoms with Crippen LogP contribution in [-0.2, 0) is 9.53 Å². The molecule has 1 atom stereocenters. The van der Waals surface area contributed by atoms with E-state index < -0.39 is 0 Å². The SMILES string of the molecule is CCCCCC(CCOC)C(N)=O. The van der Waals surface area contributed by atoms with E-state index in [-0.39, 0.29) is 11.8 Å². The fourth-order valence-electron chi connectivity index (χ4n) is 1.33. The summed E-state index contributed by atoms with van der Waals surface area (Å²) >= 11 is 0. The Balaban J connectivity index is 3.61. The van der Waals surface area contributed by atoms with Gasteiger partial charge >= 0.3 is 0 Å². The first-order chi connectivity index (χ1) is 6.22. The Hall–Kier alpha value is -0.570. The van der Waals surface area contributed by atoms with Gasteiger partial charge in [-0.3, -0.25) is 4.79 Å². The molecule has 0 rings (SSSR count). The Morgan fingerprint density at radius 3 is 2.54 bits per heavy atom. The molecule has 0 saturated heterocycles. The quantitative estimate of drug-likeness (QED) is 0.588. The molecule has 3 nitrogen and oxygen atoms in total. The number of hydrogen-bond acceptors (Lipinski definition) is 2. The largest absolute Gasteiger partial charge is 0.385 e. The minimum absolute atomic E-state index is 0.00602. The third-order valence-electron chi connectivity index (χ3n) is 2.23. The van der Waals surface area contributed by atoms with Crippen LogP contribution in [0, 0.1) is 5.92 Å². The van der Waals surface area contributed by atoms with Crippen molar-refractivity contribution < 1.29 is 9.53 Å². The minimum atomic E-state index is -0.187. The standard InChI is InChI=1S/C10H21NO2/c1-3-4-5-6-9(10(11)12)7-8-13-2/h9H,3-8H2,1-2H3,(H2,11,12). The number of nitrogens with two attached hydrogens (primary N) is 1. The number of amides is 1. The summed E-state index contributed by atoms with van der Waals surface area (Å²) in [4.78, 5) is 11.0. The van der Waals surface area contributed by atoms with E-state index in [1.54, 1.807) is 7.11 Å². The van der Waals surface area contributed by atoms with Crippen LogP contribution >= 0.6 is 0 Å². The van der Waals surface area contributed by atoms with Crippen LogP contribution in [-0.4, -0.2) is 19.6 Å². The average Bonchev–Trinajstić information content (AvgIpc) is 2.10. The van der Waals surface area contributed by atoms with E-state index in [2.05, 4.69) is 6.92 Å². The van der Waals surface area contributed by atoms with Gasteiger partial charge < -0.3 is 10.5 Å². The summed E-state index contributed by atoms with van der Waals surface area (Å²) < 4.78 is 4.92. The predicted octanol–water partition coefficient (Wildman–Crippen LogP) is 1.70. The number of rotatable bonds is 8. The van der Waals surface area contributed by atoms with E-state index in [0.29, 0.717) is 6.61 Å². The molecule has 0 aromatic heterocycles. The maximum absolute atomic E-state index is 11.0. The molecule has 1 amide bonds. The molecule has 3 heteroatoms. The molecule has 0 bridgehead atoms. The Morgan fingerprint density at radius 2 is 2.08 bits per heavy atom. The summed E-state index contributed by atoms with van der Waals surface area (Å²) in [5.74, 6) is -0.181. The maximum atomic E-state index is 11.0. The lowest BCUT2D eigenvalue weighted by Crippen LogP contribution is -2.24. The van der Waals surface area contributed by atoms with Crippen molar-refractivity contribution in [2.75, 3.05) is 13.7 Å². The Labute approximate surface area is 80.6 Å². The summed E-state index contributed by atoms with van der Waals surface area (Å²) in [7, 11) is 1.64.